The fraction of sp³-hybridized carbons (Fsp3) is 0. The Bertz CT molecular complexity index is 648. The minimum absolute atomic E-state index is 0.0928. The molecule has 0 saturated heterocycles. The second-order valence-electron chi connectivity index (χ2n) is 3.26. The number of nitrogens with zero attached hydrogens (tertiary/aromatic N) is 2. The standard InChI is InChI=1S/C9H8N4O4S/c14-9(15)7-2-1-6(3-11-7)13-18(16,17)8-4-10-5-12-8/h1-5,13H,(H,10,12)(H,14,15). The van der Waals surface area contributed by atoms with Crippen molar-refractivity contribution < 1.29 is 18.3 Å². The molecule has 94 valence electrons. The molecule has 8 nitrogen and oxygen atoms in total. The molecule has 0 aliphatic rings. The van der Waals surface area contributed by atoms with E-state index in [0.29, 0.717) is 0 Å². The van der Waals surface area contributed by atoms with E-state index in [1.165, 1.54) is 18.5 Å². The van der Waals surface area contributed by atoms with Gasteiger partial charge in [0.2, 0.25) is 0 Å². The molecule has 0 fully saturated rings. The smallest absolute Gasteiger partial charge is 0.354 e. The van der Waals surface area contributed by atoms with Crippen molar-refractivity contribution in [2.24, 2.45) is 0 Å². The van der Waals surface area contributed by atoms with Gasteiger partial charge in [-0.3, -0.25) is 4.72 Å². The van der Waals surface area contributed by atoms with E-state index in [-0.39, 0.29) is 16.4 Å². The summed E-state index contributed by atoms with van der Waals surface area (Å²) in [4.78, 5) is 20.2. The monoisotopic (exact) mass is 268 g/mol. The Balaban J connectivity index is 2.22. The molecule has 0 atom stereocenters. The van der Waals surface area contributed by atoms with Gasteiger partial charge in [-0.2, -0.15) is 8.42 Å². The third-order valence-corrected chi connectivity index (χ3v) is 3.30. The average Bonchev–Trinajstić information content (AvgIpc) is 2.83. The number of nitrogens with one attached hydrogen (secondary N) is 2. The second-order valence-corrected chi connectivity index (χ2v) is 4.91. The summed E-state index contributed by atoms with van der Waals surface area (Å²) < 4.78 is 25.7. The molecule has 0 radical (unpaired) electrons. The van der Waals surface area contributed by atoms with Crippen LogP contribution >= 0.6 is 0 Å². The first-order valence-electron chi connectivity index (χ1n) is 4.69. The van der Waals surface area contributed by atoms with Crippen LogP contribution in [0.4, 0.5) is 5.69 Å². The molecular formula is C9H8N4O4S. The number of hydrogen-bond donors (Lipinski definition) is 3. The minimum atomic E-state index is -3.76. The van der Waals surface area contributed by atoms with Gasteiger partial charge < -0.3 is 10.1 Å². The van der Waals surface area contributed by atoms with E-state index >= 15 is 0 Å². The molecule has 0 spiro atoms. The number of anilines is 1. The van der Waals surface area contributed by atoms with E-state index in [9.17, 15) is 13.2 Å². The van der Waals surface area contributed by atoms with Crippen molar-refractivity contribution in [3.63, 3.8) is 0 Å². The van der Waals surface area contributed by atoms with Crippen molar-refractivity contribution in [1.82, 2.24) is 15.0 Å². The number of aromatic nitrogens is 3. The lowest BCUT2D eigenvalue weighted by Crippen LogP contribution is -2.13. The van der Waals surface area contributed by atoms with Gasteiger partial charge in [0.15, 0.2) is 5.03 Å². The molecule has 9 heteroatoms. The molecule has 0 saturated carbocycles. The predicted octanol–water partition coefficient (Wildman–Crippen LogP) is 0.304. The van der Waals surface area contributed by atoms with E-state index in [2.05, 4.69) is 19.7 Å². The minimum Gasteiger partial charge on any atom is -0.477 e. The SMILES string of the molecule is O=C(O)c1ccc(NS(=O)(=O)c2cnc[nH]2)cn1. The zero-order valence-electron chi connectivity index (χ0n) is 8.86. The van der Waals surface area contributed by atoms with Crippen molar-refractivity contribution >= 4 is 21.7 Å². The summed E-state index contributed by atoms with van der Waals surface area (Å²) in [5, 5.41) is 8.55. The van der Waals surface area contributed by atoms with Crippen molar-refractivity contribution in [2.45, 2.75) is 5.03 Å². The first kappa shape index (κ1) is 12.0. The number of carbonyl (C=O) groups is 1. The summed E-state index contributed by atoms with van der Waals surface area (Å²) in [6.45, 7) is 0. The van der Waals surface area contributed by atoms with Crippen LogP contribution < -0.4 is 4.72 Å². The number of carboxylic acid groups (broad SMARTS) is 1. The number of pyridine rings is 1. The van der Waals surface area contributed by atoms with Gasteiger partial charge in [0, 0.05) is 0 Å². The number of sulfonamides is 1. The number of aromatic carboxylic acids is 1. The summed E-state index contributed by atoms with van der Waals surface area (Å²) in [5.41, 5.74) is -0.00547. The molecule has 2 aromatic rings. The lowest BCUT2D eigenvalue weighted by atomic mass is 10.3. The Morgan fingerprint density at radius 1 is 1.33 bits per heavy atom. The van der Waals surface area contributed by atoms with Crippen molar-refractivity contribution in [2.75, 3.05) is 4.72 Å². The van der Waals surface area contributed by atoms with Gasteiger partial charge in [-0.25, -0.2) is 14.8 Å². The van der Waals surface area contributed by atoms with Crippen molar-refractivity contribution in [1.29, 1.82) is 0 Å². The van der Waals surface area contributed by atoms with Crippen LogP contribution in [-0.4, -0.2) is 34.4 Å². The van der Waals surface area contributed by atoms with E-state index in [1.54, 1.807) is 0 Å². The molecule has 0 aromatic carbocycles. The zero-order chi connectivity index (χ0) is 13.2. The van der Waals surface area contributed by atoms with E-state index in [1.807, 2.05) is 0 Å². The number of rotatable bonds is 4. The molecule has 3 N–H and O–H groups in total. The quantitative estimate of drug-likeness (QED) is 0.732. The number of aromatic amines is 1. The Kier molecular flexibility index (Phi) is 2.98. The molecule has 0 amide bonds. The maximum absolute atomic E-state index is 11.8. The van der Waals surface area contributed by atoms with Crippen LogP contribution in [0.2, 0.25) is 0 Å². The number of hydrogen-bond acceptors (Lipinski definition) is 5. The normalized spacial score (nSPS) is 11.1. The maximum atomic E-state index is 11.8. The fourth-order valence-corrected chi connectivity index (χ4v) is 2.13. The summed E-state index contributed by atoms with van der Waals surface area (Å²) in [7, 11) is -3.76. The van der Waals surface area contributed by atoms with Crippen LogP contribution in [-0.2, 0) is 10.0 Å². The summed E-state index contributed by atoms with van der Waals surface area (Å²) in [5.74, 6) is -1.18. The lowest BCUT2D eigenvalue weighted by Gasteiger charge is -2.05. The molecule has 0 aliphatic carbocycles. The summed E-state index contributed by atoms with van der Waals surface area (Å²) in [6.07, 6.45) is 3.51. The average molecular weight is 268 g/mol. The van der Waals surface area contributed by atoms with Crippen LogP contribution in [0, 0.1) is 0 Å². The third kappa shape index (κ3) is 2.46. The highest BCUT2D eigenvalue weighted by Crippen LogP contribution is 2.12. The zero-order valence-corrected chi connectivity index (χ0v) is 9.68. The molecular weight excluding hydrogens is 260 g/mol. The van der Waals surface area contributed by atoms with Crippen molar-refractivity contribution in [3.05, 3.63) is 36.5 Å². The molecule has 0 unspecified atom stereocenters. The van der Waals surface area contributed by atoms with Gasteiger partial charge in [0.1, 0.15) is 5.69 Å². The highest BCUT2D eigenvalue weighted by molar-refractivity contribution is 7.92. The molecule has 2 rings (SSSR count). The van der Waals surface area contributed by atoms with Crippen LogP contribution in [0.1, 0.15) is 10.5 Å². The van der Waals surface area contributed by atoms with Crippen molar-refractivity contribution in [3.8, 4) is 0 Å². The Labute approximate surface area is 102 Å². The predicted molar refractivity (Wildman–Crippen MR) is 60.6 cm³/mol. The van der Waals surface area contributed by atoms with E-state index < -0.39 is 16.0 Å². The summed E-state index contributed by atoms with van der Waals surface area (Å²) >= 11 is 0. The third-order valence-electron chi connectivity index (χ3n) is 2.00. The van der Waals surface area contributed by atoms with Gasteiger partial charge in [-0.15, -0.1) is 0 Å². The number of carboxylic acids is 1. The van der Waals surface area contributed by atoms with Gasteiger partial charge in [0.25, 0.3) is 10.0 Å². The van der Waals surface area contributed by atoms with Gasteiger partial charge >= 0.3 is 5.97 Å². The first-order valence-corrected chi connectivity index (χ1v) is 6.18. The number of H-pyrrole nitrogens is 1. The molecule has 2 heterocycles. The van der Waals surface area contributed by atoms with Crippen LogP contribution in [0.3, 0.4) is 0 Å². The first-order chi connectivity index (χ1) is 8.49. The molecule has 0 aliphatic heterocycles. The number of imidazole rings is 1. The molecule has 0 bridgehead atoms. The molecule has 2 aromatic heterocycles. The second kappa shape index (κ2) is 4.45. The van der Waals surface area contributed by atoms with Gasteiger partial charge in [-0.1, -0.05) is 0 Å². The summed E-state index contributed by atoms with van der Waals surface area (Å²) in [6, 6.07) is 2.51. The Morgan fingerprint density at radius 3 is 2.61 bits per heavy atom. The topological polar surface area (TPSA) is 125 Å². The van der Waals surface area contributed by atoms with E-state index in [4.69, 9.17) is 5.11 Å². The largest absolute Gasteiger partial charge is 0.477 e. The lowest BCUT2D eigenvalue weighted by molar-refractivity contribution is 0.0690. The Morgan fingerprint density at radius 2 is 2.11 bits per heavy atom. The maximum Gasteiger partial charge on any atom is 0.354 e. The van der Waals surface area contributed by atoms with Crippen LogP contribution in [0.5, 0.6) is 0 Å². The van der Waals surface area contributed by atoms with Gasteiger partial charge in [0.05, 0.1) is 24.4 Å². The Hall–Kier alpha value is -2.42. The highest BCUT2D eigenvalue weighted by atomic mass is 32.2. The van der Waals surface area contributed by atoms with Gasteiger partial charge in [-0.05, 0) is 12.1 Å². The van der Waals surface area contributed by atoms with Crippen LogP contribution in [0.25, 0.3) is 0 Å². The van der Waals surface area contributed by atoms with E-state index in [0.717, 1.165) is 12.4 Å². The fourth-order valence-electron chi connectivity index (χ4n) is 1.18. The highest BCUT2D eigenvalue weighted by Gasteiger charge is 2.15. The molecule has 18 heavy (non-hydrogen) atoms. The van der Waals surface area contributed by atoms with Crippen LogP contribution in [0.15, 0.2) is 35.9 Å².